The molecule has 170 valence electrons. The Labute approximate surface area is 188 Å². The van der Waals surface area contributed by atoms with Crippen LogP contribution in [-0.4, -0.2) is 75.6 Å². The summed E-state index contributed by atoms with van der Waals surface area (Å²) in [7, 11) is 1.80. The SMILES string of the molecule is C[C@@H]1CN([C@H](C)CO)C(=O)c2cc(-c3cccnc3)cnc2O[C@H]1CN(C)C(=O)C1CC1. The van der Waals surface area contributed by atoms with Gasteiger partial charge in [-0.15, -0.1) is 0 Å². The van der Waals surface area contributed by atoms with Gasteiger partial charge in [-0.2, -0.15) is 0 Å². The van der Waals surface area contributed by atoms with Crippen molar-refractivity contribution < 1.29 is 19.4 Å². The number of rotatable bonds is 6. The van der Waals surface area contributed by atoms with E-state index in [9.17, 15) is 14.7 Å². The van der Waals surface area contributed by atoms with Crippen LogP contribution < -0.4 is 4.74 Å². The minimum Gasteiger partial charge on any atom is -0.472 e. The molecule has 2 aliphatic rings. The first-order valence-electron chi connectivity index (χ1n) is 11.1. The van der Waals surface area contributed by atoms with Gasteiger partial charge in [0.25, 0.3) is 5.91 Å². The third-order valence-electron chi connectivity index (χ3n) is 6.27. The summed E-state index contributed by atoms with van der Waals surface area (Å²) in [6.07, 6.45) is 6.64. The molecule has 0 saturated heterocycles. The maximum Gasteiger partial charge on any atom is 0.259 e. The van der Waals surface area contributed by atoms with Crippen LogP contribution in [0.1, 0.15) is 37.0 Å². The quantitative estimate of drug-likeness (QED) is 0.743. The molecule has 8 nitrogen and oxygen atoms in total. The van der Waals surface area contributed by atoms with E-state index in [1.807, 2.05) is 26.0 Å². The number of aromatic nitrogens is 2. The predicted molar refractivity (Wildman–Crippen MR) is 119 cm³/mol. The molecule has 0 spiro atoms. The lowest BCUT2D eigenvalue weighted by Gasteiger charge is -2.37. The Hall–Kier alpha value is -3.00. The average molecular weight is 439 g/mol. The Bertz CT molecular complexity index is 979. The summed E-state index contributed by atoms with van der Waals surface area (Å²) in [6.45, 7) is 4.50. The molecular weight excluding hydrogens is 408 g/mol. The van der Waals surface area contributed by atoms with Crippen LogP contribution in [0.25, 0.3) is 11.1 Å². The molecule has 2 amide bonds. The van der Waals surface area contributed by atoms with Gasteiger partial charge in [-0.25, -0.2) is 4.98 Å². The van der Waals surface area contributed by atoms with E-state index in [0.717, 1.165) is 24.0 Å². The molecule has 1 saturated carbocycles. The number of hydrogen-bond acceptors (Lipinski definition) is 6. The minimum atomic E-state index is -0.357. The summed E-state index contributed by atoms with van der Waals surface area (Å²) < 4.78 is 6.26. The van der Waals surface area contributed by atoms with Crippen molar-refractivity contribution in [1.82, 2.24) is 19.8 Å². The van der Waals surface area contributed by atoms with Crippen LogP contribution in [0, 0.1) is 11.8 Å². The van der Waals surface area contributed by atoms with Gasteiger partial charge >= 0.3 is 0 Å². The molecule has 8 heteroatoms. The maximum absolute atomic E-state index is 13.5. The average Bonchev–Trinajstić information content (AvgIpc) is 3.66. The molecule has 0 radical (unpaired) electrons. The zero-order valence-corrected chi connectivity index (χ0v) is 18.8. The second kappa shape index (κ2) is 9.24. The van der Waals surface area contributed by atoms with Crippen LogP contribution >= 0.6 is 0 Å². The van der Waals surface area contributed by atoms with E-state index in [0.29, 0.717) is 18.7 Å². The lowest BCUT2D eigenvalue weighted by molar-refractivity contribution is -0.132. The van der Waals surface area contributed by atoms with Crippen molar-refractivity contribution in [1.29, 1.82) is 0 Å². The first kappa shape index (κ1) is 22.2. The van der Waals surface area contributed by atoms with Gasteiger partial charge in [0.1, 0.15) is 11.7 Å². The number of carbonyl (C=O) groups is 2. The van der Waals surface area contributed by atoms with Crippen molar-refractivity contribution in [2.45, 2.75) is 38.8 Å². The lowest BCUT2D eigenvalue weighted by atomic mass is 9.99. The van der Waals surface area contributed by atoms with E-state index >= 15 is 0 Å². The molecule has 0 unspecified atom stereocenters. The van der Waals surface area contributed by atoms with Gasteiger partial charge in [-0.05, 0) is 31.9 Å². The van der Waals surface area contributed by atoms with Gasteiger partial charge in [0.05, 0.1) is 19.2 Å². The van der Waals surface area contributed by atoms with Gasteiger partial charge in [-0.1, -0.05) is 13.0 Å². The molecule has 1 aliphatic heterocycles. The highest BCUT2D eigenvalue weighted by Crippen LogP contribution is 2.32. The molecule has 3 atom stereocenters. The highest BCUT2D eigenvalue weighted by atomic mass is 16.5. The monoisotopic (exact) mass is 438 g/mol. The Morgan fingerprint density at radius 3 is 2.78 bits per heavy atom. The molecule has 4 rings (SSSR count). The van der Waals surface area contributed by atoms with Crippen molar-refractivity contribution >= 4 is 11.8 Å². The van der Waals surface area contributed by atoms with E-state index < -0.39 is 0 Å². The van der Waals surface area contributed by atoms with E-state index in [-0.39, 0.29) is 48.3 Å². The normalized spacial score (nSPS) is 21.8. The standard InChI is InChI=1S/C24H30N4O4/c1-15-12-28(16(2)14-29)24(31)20-9-19(18-5-4-8-25-10-18)11-26-22(20)32-21(15)13-27(3)23(30)17-6-7-17/h4-5,8-11,15-17,21,29H,6-7,12-14H2,1-3H3/t15-,16-,21+/m1/s1. The second-order valence-electron chi connectivity index (χ2n) is 8.93. The zero-order valence-electron chi connectivity index (χ0n) is 18.8. The third kappa shape index (κ3) is 4.60. The topological polar surface area (TPSA) is 95.9 Å². The Balaban J connectivity index is 1.69. The van der Waals surface area contributed by atoms with Crippen LogP contribution in [0.5, 0.6) is 5.88 Å². The largest absolute Gasteiger partial charge is 0.472 e. The first-order chi connectivity index (χ1) is 15.4. The number of ether oxygens (including phenoxy) is 1. The van der Waals surface area contributed by atoms with Crippen molar-refractivity contribution in [3.8, 4) is 17.0 Å². The summed E-state index contributed by atoms with van der Waals surface area (Å²) in [5.41, 5.74) is 1.95. The number of aliphatic hydroxyl groups is 1. The predicted octanol–water partition coefficient (Wildman–Crippen LogP) is 2.23. The van der Waals surface area contributed by atoms with E-state index in [1.54, 1.807) is 41.5 Å². The number of hydrogen-bond donors (Lipinski definition) is 1. The molecule has 2 aromatic rings. The number of amides is 2. The van der Waals surface area contributed by atoms with Crippen molar-refractivity contribution in [3.63, 3.8) is 0 Å². The van der Waals surface area contributed by atoms with E-state index in [4.69, 9.17) is 4.74 Å². The van der Waals surface area contributed by atoms with Crippen molar-refractivity contribution in [2.24, 2.45) is 11.8 Å². The fourth-order valence-corrected chi connectivity index (χ4v) is 4.01. The van der Waals surface area contributed by atoms with Gasteiger partial charge in [0.15, 0.2) is 0 Å². The van der Waals surface area contributed by atoms with E-state index in [2.05, 4.69) is 9.97 Å². The van der Waals surface area contributed by atoms with Gasteiger partial charge in [0.2, 0.25) is 11.8 Å². The van der Waals surface area contributed by atoms with Gasteiger partial charge in [0, 0.05) is 55.1 Å². The summed E-state index contributed by atoms with van der Waals surface area (Å²) in [4.78, 5) is 38.0. The van der Waals surface area contributed by atoms with Crippen LogP contribution in [0.15, 0.2) is 36.8 Å². The van der Waals surface area contributed by atoms with E-state index in [1.165, 1.54) is 0 Å². The molecule has 2 aromatic heterocycles. The molecular formula is C24H30N4O4. The van der Waals surface area contributed by atoms with Crippen molar-refractivity contribution in [2.75, 3.05) is 26.7 Å². The summed E-state index contributed by atoms with van der Waals surface area (Å²) in [5.74, 6) is 0.230. The maximum atomic E-state index is 13.5. The number of fused-ring (bicyclic) bond motifs is 1. The van der Waals surface area contributed by atoms with Gasteiger partial charge in [-0.3, -0.25) is 14.6 Å². The fraction of sp³-hybridized carbons (Fsp3) is 0.500. The highest BCUT2D eigenvalue weighted by Gasteiger charge is 2.37. The zero-order chi connectivity index (χ0) is 22.8. The molecule has 0 aromatic carbocycles. The highest BCUT2D eigenvalue weighted by molar-refractivity contribution is 5.98. The molecule has 3 heterocycles. The minimum absolute atomic E-state index is 0.0599. The number of pyridine rings is 2. The van der Waals surface area contributed by atoms with Gasteiger partial charge < -0.3 is 19.6 Å². The summed E-state index contributed by atoms with van der Waals surface area (Å²) >= 11 is 0. The number of nitrogens with zero attached hydrogens (tertiary/aromatic N) is 4. The van der Waals surface area contributed by atoms with Crippen LogP contribution in [0.4, 0.5) is 0 Å². The molecule has 1 N–H and O–H groups in total. The smallest absolute Gasteiger partial charge is 0.259 e. The second-order valence-corrected chi connectivity index (χ2v) is 8.93. The first-order valence-corrected chi connectivity index (χ1v) is 11.1. The Morgan fingerprint density at radius 1 is 1.34 bits per heavy atom. The summed E-state index contributed by atoms with van der Waals surface area (Å²) in [5, 5.41) is 9.78. The fourth-order valence-electron chi connectivity index (χ4n) is 4.01. The third-order valence-corrected chi connectivity index (χ3v) is 6.27. The van der Waals surface area contributed by atoms with Crippen LogP contribution in [-0.2, 0) is 4.79 Å². The number of likely N-dealkylation sites (N-methyl/N-ethyl adjacent to an activating group) is 1. The Morgan fingerprint density at radius 2 is 2.12 bits per heavy atom. The van der Waals surface area contributed by atoms with Crippen molar-refractivity contribution in [3.05, 3.63) is 42.4 Å². The van der Waals surface area contributed by atoms with Crippen LogP contribution in [0.2, 0.25) is 0 Å². The molecule has 1 aliphatic carbocycles. The molecule has 32 heavy (non-hydrogen) atoms. The number of aliphatic hydroxyl groups excluding tert-OH is 1. The molecule has 0 bridgehead atoms. The molecule has 1 fully saturated rings. The lowest BCUT2D eigenvalue weighted by Crippen LogP contribution is -2.50. The Kier molecular flexibility index (Phi) is 6.41. The summed E-state index contributed by atoms with van der Waals surface area (Å²) in [6, 6.07) is 5.14. The van der Waals surface area contributed by atoms with Crippen LogP contribution in [0.3, 0.4) is 0 Å². The number of carbonyl (C=O) groups excluding carboxylic acids is 2.